The zero-order valence-corrected chi connectivity index (χ0v) is 19.0. The van der Waals surface area contributed by atoms with Gasteiger partial charge in [0.15, 0.2) is 5.78 Å². The Morgan fingerprint density at radius 1 is 1.09 bits per heavy atom. The number of likely N-dealkylation sites (tertiary alicyclic amines) is 1. The van der Waals surface area contributed by atoms with Crippen LogP contribution in [0.2, 0.25) is 0 Å². The van der Waals surface area contributed by atoms with E-state index in [1.807, 2.05) is 42.5 Å². The maximum absolute atomic E-state index is 14.0. The number of pyridine rings is 1. The van der Waals surface area contributed by atoms with Crippen LogP contribution in [0.1, 0.15) is 33.8 Å². The Hall–Kier alpha value is -4.04. The average Bonchev–Trinajstić information content (AvgIpc) is 3.46. The molecule has 0 bridgehead atoms. The van der Waals surface area contributed by atoms with Crippen LogP contribution in [-0.2, 0) is 20.7 Å². The summed E-state index contributed by atoms with van der Waals surface area (Å²) in [4.78, 5) is 44.5. The number of ether oxygens (including phenoxy) is 2. The highest BCUT2D eigenvalue weighted by molar-refractivity contribution is 5.99. The first-order valence-electron chi connectivity index (χ1n) is 11.5. The predicted molar refractivity (Wildman–Crippen MR) is 127 cm³/mol. The molecule has 0 spiro atoms. The molecule has 2 aliphatic rings. The molecule has 35 heavy (non-hydrogen) atoms. The molecule has 0 aliphatic carbocycles. The van der Waals surface area contributed by atoms with E-state index in [9.17, 15) is 14.4 Å². The number of aromatic nitrogens is 1. The summed E-state index contributed by atoms with van der Waals surface area (Å²) in [7, 11) is 0. The van der Waals surface area contributed by atoms with E-state index >= 15 is 0 Å². The van der Waals surface area contributed by atoms with Crippen LogP contribution in [0.3, 0.4) is 0 Å². The third-order valence-corrected chi connectivity index (χ3v) is 6.53. The smallest absolute Gasteiger partial charge is 0.249 e. The Balaban J connectivity index is 1.55. The number of benzene rings is 2. The van der Waals surface area contributed by atoms with Crippen molar-refractivity contribution in [3.8, 4) is 11.5 Å². The lowest BCUT2D eigenvalue weighted by atomic mass is 9.87. The van der Waals surface area contributed by atoms with Crippen LogP contribution in [0.5, 0.6) is 11.5 Å². The van der Waals surface area contributed by atoms with Gasteiger partial charge in [0.05, 0.1) is 12.0 Å². The number of Topliss-reactive ketones (excluding diaryl/α,β-unsaturated/α-hetero) is 1. The van der Waals surface area contributed by atoms with E-state index in [2.05, 4.69) is 4.98 Å². The highest BCUT2D eigenvalue weighted by Gasteiger charge is 2.48. The minimum Gasteiger partial charge on any atom is -0.457 e. The Labute approximate surface area is 202 Å². The fraction of sp³-hybridized carbons (Fsp3) is 0.259. The monoisotopic (exact) mass is 471 g/mol. The van der Waals surface area contributed by atoms with E-state index in [1.54, 1.807) is 35.5 Å². The molecule has 2 saturated heterocycles. The van der Waals surface area contributed by atoms with Gasteiger partial charge >= 0.3 is 0 Å². The first-order chi connectivity index (χ1) is 17.0. The molecule has 3 unspecified atom stereocenters. The molecule has 5 rings (SSSR count). The first kappa shape index (κ1) is 22.7. The molecular formula is C27H25N3O5. The third kappa shape index (κ3) is 4.65. The van der Waals surface area contributed by atoms with Crippen LogP contribution in [0.15, 0.2) is 73.1 Å². The average molecular weight is 472 g/mol. The first-order valence-corrected chi connectivity index (χ1v) is 11.5. The van der Waals surface area contributed by atoms with E-state index in [0.717, 1.165) is 5.56 Å². The summed E-state index contributed by atoms with van der Waals surface area (Å²) in [6.07, 6.45) is 3.93. The zero-order valence-electron chi connectivity index (χ0n) is 19.0. The molecule has 3 aromatic rings. The number of hydrogen-bond donors (Lipinski definition) is 1. The molecule has 2 amide bonds. The lowest BCUT2D eigenvalue weighted by molar-refractivity contribution is -0.137. The lowest BCUT2D eigenvalue weighted by Gasteiger charge is -2.28. The van der Waals surface area contributed by atoms with Crippen molar-refractivity contribution in [1.29, 1.82) is 0 Å². The molecule has 8 heteroatoms. The van der Waals surface area contributed by atoms with Crippen molar-refractivity contribution in [3.63, 3.8) is 0 Å². The minimum atomic E-state index is -0.758. The SMILES string of the molecule is NC(=O)c1ccc(Oc2ccccc2)cc1C(Cc1ccncc1)C(=O)N1CCC2OCC(=O)C21. The number of amides is 2. The maximum Gasteiger partial charge on any atom is 0.249 e. The van der Waals surface area contributed by atoms with Crippen molar-refractivity contribution in [2.75, 3.05) is 13.2 Å². The molecule has 2 aliphatic heterocycles. The van der Waals surface area contributed by atoms with Gasteiger partial charge in [-0.1, -0.05) is 18.2 Å². The van der Waals surface area contributed by atoms with Gasteiger partial charge in [-0.05, 0) is 66.4 Å². The van der Waals surface area contributed by atoms with Crippen LogP contribution in [0, 0.1) is 0 Å². The number of nitrogens with zero attached hydrogens (tertiary/aromatic N) is 2. The van der Waals surface area contributed by atoms with E-state index < -0.39 is 17.9 Å². The predicted octanol–water partition coefficient (Wildman–Crippen LogP) is 2.87. The number of ketones is 1. The van der Waals surface area contributed by atoms with Gasteiger partial charge in [-0.3, -0.25) is 19.4 Å². The second-order valence-corrected chi connectivity index (χ2v) is 8.72. The Morgan fingerprint density at radius 2 is 1.86 bits per heavy atom. The van der Waals surface area contributed by atoms with Gasteiger partial charge in [0.1, 0.15) is 24.1 Å². The Bertz CT molecular complexity index is 1250. The zero-order chi connectivity index (χ0) is 24.4. The lowest BCUT2D eigenvalue weighted by Crippen LogP contribution is -2.44. The number of primary amides is 1. The molecule has 3 heterocycles. The molecule has 0 saturated carbocycles. The second kappa shape index (κ2) is 9.68. The highest BCUT2D eigenvalue weighted by atomic mass is 16.5. The molecule has 3 atom stereocenters. The number of para-hydroxylation sites is 1. The fourth-order valence-electron chi connectivity index (χ4n) is 4.87. The number of rotatable bonds is 7. The molecule has 2 N–H and O–H groups in total. The summed E-state index contributed by atoms with van der Waals surface area (Å²) in [6, 6.07) is 17.2. The van der Waals surface area contributed by atoms with E-state index in [-0.39, 0.29) is 30.0 Å². The van der Waals surface area contributed by atoms with E-state index in [1.165, 1.54) is 0 Å². The van der Waals surface area contributed by atoms with Crippen LogP contribution < -0.4 is 10.5 Å². The van der Waals surface area contributed by atoms with Crippen molar-refractivity contribution < 1.29 is 23.9 Å². The van der Waals surface area contributed by atoms with Crippen molar-refractivity contribution >= 4 is 17.6 Å². The number of fused-ring (bicyclic) bond motifs is 1. The summed E-state index contributed by atoms with van der Waals surface area (Å²) in [6.45, 7) is 0.430. The van der Waals surface area contributed by atoms with Crippen LogP contribution in [0.4, 0.5) is 0 Å². The second-order valence-electron chi connectivity index (χ2n) is 8.72. The van der Waals surface area contributed by atoms with Crippen molar-refractivity contribution in [1.82, 2.24) is 9.88 Å². The standard InChI is InChI=1S/C27H25N3O5/c28-26(32)20-7-6-19(35-18-4-2-1-3-5-18)15-21(20)22(14-17-8-11-29-12-9-17)27(33)30-13-10-24-25(30)23(31)16-34-24/h1-9,11-12,15,22,24-25H,10,13-14,16H2,(H2,28,32). The number of carbonyl (C=O) groups is 3. The van der Waals surface area contributed by atoms with Crippen molar-refractivity contribution in [3.05, 3.63) is 89.7 Å². The van der Waals surface area contributed by atoms with E-state index in [0.29, 0.717) is 36.4 Å². The van der Waals surface area contributed by atoms with Gasteiger partial charge in [0, 0.05) is 24.5 Å². The minimum absolute atomic E-state index is 0.0150. The summed E-state index contributed by atoms with van der Waals surface area (Å²) in [5.41, 5.74) is 7.29. The maximum atomic E-state index is 14.0. The third-order valence-electron chi connectivity index (χ3n) is 6.53. The summed E-state index contributed by atoms with van der Waals surface area (Å²) in [5, 5.41) is 0. The Kier molecular flexibility index (Phi) is 6.29. The van der Waals surface area contributed by atoms with Crippen molar-refractivity contribution in [2.45, 2.75) is 30.9 Å². The quantitative estimate of drug-likeness (QED) is 0.567. The highest BCUT2D eigenvalue weighted by Crippen LogP contribution is 2.35. The van der Waals surface area contributed by atoms with Gasteiger partial charge in [-0.25, -0.2) is 0 Å². The van der Waals surface area contributed by atoms with Crippen LogP contribution in [-0.4, -0.2) is 52.8 Å². The van der Waals surface area contributed by atoms with Crippen LogP contribution >= 0.6 is 0 Å². The number of carbonyl (C=O) groups excluding carboxylic acids is 3. The van der Waals surface area contributed by atoms with Gasteiger partial charge in [-0.15, -0.1) is 0 Å². The molecule has 1 aromatic heterocycles. The van der Waals surface area contributed by atoms with Gasteiger partial charge in [0.25, 0.3) is 0 Å². The molecule has 0 radical (unpaired) electrons. The molecule has 2 aromatic carbocycles. The number of hydrogen-bond acceptors (Lipinski definition) is 6. The topological polar surface area (TPSA) is 112 Å². The summed E-state index contributed by atoms with van der Waals surface area (Å²) < 4.78 is 11.6. The van der Waals surface area contributed by atoms with Crippen LogP contribution in [0.25, 0.3) is 0 Å². The van der Waals surface area contributed by atoms with E-state index in [4.69, 9.17) is 15.2 Å². The normalized spacial score (nSPS) is 19.9. The molecular weight excluding hydrogens is 446 g/mol. The summed E-state index contributed by atoms with van der Waals surface area (Å²) in [5.74, 6) is -0.640. The molecule has 2 fully saturated rings. The molecule has 178 valence electrons. The fourth-order valence-corrected chi connectivity index (χ4v) is 4.87. The van der Waals surface area contributed by atoms with Gasteiger partial charge < -0.3 is 20.1 Å². The Morgan fingerprint density at radius 3 is 2.60 bits per heavy atom. The largest absolute Gasteiger partial charge is 0.457 e. The summed E-state index contributed by atoms with van der Waals surface area (Å²) >= 11 is 0. The van der Waals surface area contributed by atoms with Gasteiger partial charge in [-0.2, -0.15) is 0 Å². The van der Waals surface area contributed by atoms with Gasteiger partial charge in [0.2, 0.25) is 11.8 Å². The molecule has 8 nitrogen and oxygen atoms in total. The van der Waals surface area contributed by atoms with Crippen molar-refractivity contribution in [2.24, 2.45) is 5.73 Å². The number of nitrogens with two attached hydrogens (primary N) is 1.